The van der Waals surface area contributed by atoms with Crippen LogP contribution in [0.1, 0.15) is 52.4 Å². The molecule has 2 saturated carbocycles. The number of hydrogen-bond donors (Lipinski definition) is 1. The van der Waals surface area contributed by atoms with Gasteiger partial charge in [-0.15, -0.1) is 0 Å². The van der Waals surface area contributed by atoms with Gasteiger partial charge in [0.2, 0.25) is 5.91 Å². The maximum absolute atomic E-state index is 11.6. The third-order valence-electron chi connectivity index (χ3n) is 4.24. The van der Waals surface area contributed by atoms with E-state index in [1.807, 2.05) is 13.8 Å². The van der Waals surface area contributed by atoms with E-state index in [0.717, 1.165) is 38.5 Å². The maximum atomic E-state index is 11.6. The Balaban J connectivity index is 1.81. The topological polar surface area (TPSA) is 46.2 Å². The predicted molar refractivity (Wildman–Crippen MR) is 61.9 cm³/mol. The molecule has 0 aliphatic heterocycles. The van der Waals surface area contributed by atoms with Gasteiger partial charge in [-0.25, -0.2) is 0 Å². The molecule has 0 atom stereocenters. The van der Waals surface area contributed by atoms with E-state index in [9.17, 15) is 9.59 Å². The smallest absolute Gasteiger partial charge is 0.222 e. The second-order valence-corrected chi connectivity index (χ2v) is 5.64. The maximum Gasteiger partial charge on any atom is 0.222 e. The Hall–Kier alpha value is -0.860. The quantitative estimate of drug-likeness (QED) is 0.778. The van der Waals surface area contributed by atoms with E-state index in [4.69, 9.17) is 0 Å². The van der Waals surface area contributed by atoms with Gasteiger partial charge in [0.15, 0.2) is 0 Å². The molecule has 0 bridgehead atoms. The number of Topliss-reactive ketones (excluding diaryl/α,β-unsaturated/α-hetero) is 1. The summed E-state index contributed by atoms with van der Waals surface area (Å²) in [4.78, 5) is 23.1. The summed E-state index contributed by atoms with van der Waals surface area (Å²) in [6.45, 7) is 3.82. The standard InChI is InChI=1S/C13H21NO2/c1-9(2)12(16)14-10-3-6-13(7-4-10)8-5-11(13)15/h9-10H,3-8H2,1-2H3,(H,14,16). The van der Waals surface area contributed by atoms with Gasteiger partial charge in [-0.2, -0.15) is 0 Å². The van der Waals surface area contributed by atoms with Gasteiger partial charge in [-0.05, 0) is 32.1 Å². The van der Waals surface area contributed by atoms with Crippen molar-refractivity contribution in [1.29, 1.82) is 0 Å². The average Bonchev–Trinajstić information content (AvgIpc) is 2.28. The Morgan fingerprint density at radius 2 is 1.94 bits per heavy atom. The second kappa shape index (κ2) is 4.19. The van der Waals surface area contributed by atoms with Gasteiger partial charge in [-0.1, -0.05) is 13.8 Å². The lowest BCUT2D eigenvalue weighted by Crippen LogP contribution is -2.48. The van der Waals surface area contributed by atoms with Gasteiger partial charge in [-0.3, -0.25) is 9.59 Å². The van der Waals surface area contributed by atoms with E-state index < -0.39 is 0 Å². The summed E-state index contributed by atoms with van der Waals surface area (Å²) >= 11 is 0. The van der Waals surface area contributed by atoms with Crippen molar-refractivity contribution in [3.8, 4) is 0 Å². The SMILES string of the molecule is CC(C)C(=O)NC1CCC2(CCC2=O)CC1. The van der Waals surface area contributed by atoms with Gasteiger partial charge in [0.1, 0.15) is 5.78 Å². The van der Waals surface area contributed by atoms with E-state index >= 15 is 0 Å². The Morgan fingerprint density at radius 3 is 2.31 bits per heavy atom. The van der Waals surface area contributed by atoms with Crippen molar-refractivity contribution in [2.45, 2.75) is 58.4 Å². The lowest BCUT2D eigenvalue weighted by molar-refractivity contribution is -0.141. The van der Waals surface area contributed by atoms with Gasteiger partial charge in [0.25, 0.3) is 0 Å². The zero-order valence-electron chi connectivity index (χ0n) is 10.2. The molecule has 1 spiro atoms. The van der Waals surface area contributed by atoms with Gasteiger partial charge in [0, 0.05) is 23.8 Å². The fraction of sp³-hybridized carbons (Fsp3) is 0.846. The first kappa shape index (κ1) is 11.6. The highest BCUT2D eigenvalue weighted by molar-refractivity contribution is 5.90. The molecule has 0 aromatic carbocycles. The molecule has 2 fully saturated rings. The molecule has 2 rings (SSSR count). The summed E-state index contributed by atoms with van der Waals surface area (Å²) in [6, 6.07) is 0.300. The third-order valence-corrected chi connectivity index (χ3v) is 4.24. The van der Waals surface area contributed by atoms with Crippen molar-refractivity contribution in [2.75, 3.05) is 0 Å². The lowest BCUT2D eigenvalue weighted by Gasteiger charge is -2.45. The van der Waals surface area contributed by atoms with E-state index in [-0.39, 0.29) is 17.2 Å². The summed E-state index contributed by atoms with van der Waals surface area (Å²) < 4.78 is 0. The summed E-state index contributed by atoms with van der Waals surface area (Å²) in [5.41, 5.74) is 0.0268. The van der Waals surface area contributed by atoms with Crippen molar-refractivity contribution in [2.24, 2.45) is 11.3 Å². The molecular weight excluding hydrogens is 202 g/mol. The third kappa shape index (κ3) is 2.00. The Bertz CT molecular complexity index is 301. The number of hydrogen-bond acceptors (Lipinski definition) is 2. The molecule has 0 heterocycles. The normalized spacial score (nSPS) is 33.9. The van der Waals surface area contributed by atoms with Gasteiger partial charge in [0.05, 0.1) is 0 Å². The average molecular weight is 223 g/mol. The molecule has 16 heavy (non-hydrogen) atoms. The van der Waals surface area contributed by atoms with Crippen LogP contribution in [0.4, 0.5) is 0 Å². The molecular formula is C13H21NO2. The molecule has 0 aromatic rings. The van der Waals surface area contributed by atoms with Crippen LogP contribution >= 0.6 is 0 Å². The Labute approximate surface area is 97.0 Å². The zero-order chi connectivity index (χ0) is 11.8. The molecule has 90 valence electrons. The lowest BCUT2D eigenvalue weighted by atomic mass is 9.59. The van der Waals surface area contributed by atoms with Crippen LogP contribution in [0, 0.1) is 11.3 Å². The van der Waals surface area contributed by atoms with E-state index in [1.54, 1.807) is 0 Å². The van der Waals surface area contributed by atoms with Crippen molar-refractivity contribution in [3.63, 3.8) is 0 Å². The van der Waals surface area contributed by atoms with Crippen LogP contribution in [0.25, 0.3) is 0 Å². The van der Waals surface area contributed by atoms with Crippen LogP contribution in [0.3, 0.4) is 0 Å². The van der Waals surface area contributed by atoms with Crippen LogP contribution in [0.2, 0.25) is 0 Å². The number of amides is 1. The largest absolute Gasteiger partial charge is 0.353 e. The van der Waals surface area contributed by atoms with E-state index in [0.29, 0.717) is 11.8 Å². The molecule has 0 radical (unpaired) electrons. The first-order valence-corrected chi connectivity index (χ1v) is 6.37. The number of nitrogens with one attached hydrogen (secondary N) is 1. The number of ketones is 1. The molecule has 3 nitrogen and oxygen atoms in total. The molecule has 2 aliphatic rings. The van der Waals surface area contributed by atoms with E-state index in [1.165, 1.54) is 0 Å². The minimum Gasteiger partial charge on any atom is -0.353 e. The Morgan fingerprint density at radius 1 is 1.31 bits per heavy atom. The van der Waals surface area contributed by atoms with Crippen molar-refractivity contribution < 1.29 is 9.59 Å². The van der Waals surface area contributed by atoms with Crippen LogP contribution < -0.4 is 5.32 Å². The Kier molecular flexibility index (Phi) is 3.04. The zero-order valence-corrected chi connectivity index (χ0v) is 10.2. The van der Waals surface area contributed by atoms with Gasteiger partial charge >= 0.3 is 0 Å². The fourth-order valence-corrected chi connectivity index (χ4v) is 2.79. The molecule has 2 aliphatic carbocycles. The molecule has 0 aromatic heterocycles. The van der Waals surface area contributed by atoms with Crippen LogP contribution in [0.15, 0.2) is 0 Å². The molecule has 0 unspecified atom stereocenters. The molecule has 3 heteroatoms. The number of carbonyl (C=O) groups is 2. The highest BCUT2D eigenvalue weighted by Gasteiger charge is 2.47. The highest BCUT2D eigenvalue weighted by Crippen LogP contribution is 2.48. The van der Waals surface area contributed by atoms with Crippen molar-refractivity contribution in [1.82, 2.24) is 5.32 Å². The summed E-state index contributed by atoms with van der Waals surface area (Å²) in [7, 11) is 0. The number of carbonyl (C=O) groups excluding carboxylic acids is 2. The number of rotatable bonds is 2. The summed E-state index contributed by atoms with van der Waals surface area (Å²) in [5, 5.41) is 3.07. The van der Waals surface area contributed by atoms with Crippen LogP contribution in [0.5, 0.6) is 0 Å². The molecule has 1 N–H and O–H groups in total. The molecule has 0 saturated heterocycles. The van der Waals surface area contributed by atoms with Crippen molar-refractivity contribution >= 4 is 11.7 Å². The highest BCUT2D eigenvalue weighted by atomic mass is 16.2. The summed E-state index contributed by atoms with van der Waals surface area (Å²) in [6.07, 6.45) is 5.78. The first-order chi connectivity index (χ1) is 7.53. The second-order valence-electron chi connectivity index (χ2n) is 5.64. The van der Waals surface area contributed by atoms with Crippen LogP contribution in [-0.2, 0) is 9.59 Å². The fourth-order valence-electron chi connectivity index (χ4n) is 2.79. The predicted octanol–water partition coefficient (Wildman–Crippen LogP) is 2.05. The van der Waals surface area contributed by atoms with E-state index in [2.05, 4.69) is 5.32 Å². The monoisotopic (exact) mass is 223 g/mol. The van der Waals surface area contributed by atoms with Crippen molar-refractivity contribution in [3.05, 3.63) is 0 Å². The molecule has 1 amide bonds. The van der Waals surface area contributed by atoms with Gasteiger partial charge < -0.3 is 5.32 Å². The van der Waals surface area contributed by atoms with Crippen LogP contribution in [-0.4, -0.2) is 17.7 Å². The summed E-state index contributed by atoms with van der Waals surface area (Å²) in [5.74, 6) is 0.656. The minimum atomic E-state index is 0.0268. The minimum absolute atomic E-state index is 0.0268. The first-order valence-electron chi connectivity index (χ1n) is 6.37.